The van der Waals surface area contributed by atoms with E-state index in [9.17, 15) is 14.4 Å². The minimum atomic E-state index is -0.758. The number of allylic oxidation sites excluding steroid dienone is 1. The number of methoxy groups -OCH3 is 1. The van der Waals surface area contributed by atoms with Crippen LogP contribution in [0.1, 0.15) is 42.4 Å². The number of carbonyl (C=O) groups is 3. The number of ether oxygens (including phenoxy) is 3. The van der Waals surface area contributed by atoms with E-state index < -0.39 is 23.9 Å². The monoisotopic (exact) mass is 685 g/mol. The number of carbonyl (C=O) groups excluding carboxylic acids is 3. The number of hydrazone groups is 1. The van der Waals surface area contributed by atoms with Crippen LogP contribution in [-0.4, -0.2) is 49.0 Å². The number of rotatable bonds is 10. The van der Waals surface area contributed by atoms with Crippen LogP contribution >= 0.6 is 22.6 Å². The molecule has 0 fully saturated rings. The lowest BCUT2D eigenvalue weighted by atomic mass is 9.95. The second-order valence-electron chi connectivity index (χ2n) is 9.42. The fourth-order valence-corrected chi connectivity index (χ4v) is 5.21. The Bertz CT molecular complexity index is 1580. The van der Waals surface area contributed by atoms with E-state index in [-0.39, 0.29) is 18.8 Å². The third-order valence-corrected chi connectivity index (χ3v) is 7.24. The number of nitrogens with one attached hydrogen (secondary N) is 3. The highest BCUT2D eigenvalue weighted by Crippen LogP contribution is 2.34. The average Bonchev–Trinajstić information content (AvgIpc) is 3.23. The molecule has 3 N–H and O–H groups in total. The average molecular weight is 686 g/mol. The quantitative estimate of drug-likeness (QED) is 0.125. The number of aryl methyl sites for hydroxylation is 1. The number of urea groups is 1. The normalized spacial score (nSPS) is 14.8. The minimum absolute atomic E-state index is 0.192. The Morgan fingerprint density at radius 3 is 2.62 bits per heavy atom. The number of nitrogens with zero attached hydrogens (tertiary/aromatic N) is 2. The first-order chi connectivity index (χ1) is 20.1. The van der Waals surface area contributed by atoms with Crippen molar-refractivity contribution in [2.24, 2.45) is 5.10 Å². The van der Waals surface area contributed by atoms with Crippen molar-refractivity contribution in [3.8, 4) is 17.2 Å². The van der Waals surface area contributed by atoms with E-state index in [1.165, 1.54) is 7.11 Å². The summed E-state index contributed by atoms with van der Waals surface area (Å²) in [5.41, 5.74) is 7.72. The summed E-state index contributed by atoms with van der Waals surface area (Å²) in [5.74, 6) is -0.376. The lowest BCUT2D eigenvalue weighted by Gasteiger charge is -2.28. The zero-order valence-electron chi connectivity index (χ0n) is 23.9. The highest BCUT2D eigenvalue weighted by molar-refractivity contribution is 14.1. The van der Waals surface area contributed by atoms with Gasteiger partial charge in [-0.15, -0.1) is 0 Å². The van der Waals surface area contributed by atoms with Crippen LogP contribution in [0.15, 0.2) is 64.9 Å². The van der Waals surface area contributed by atoms with E-state index in [1.807, 2.05) is 38.1 Å². The number of hydrogen-bond acceptors (Lipinski definition) is 7. The fourth-order valence-electron chi connectivity index (χ4n) is 4.69. The fraction of sp³-hybridized carbons (Fsp3) is 0.267. The van der Waals surface area contributed by atoms with E-state index in [1.54, 1.807) is 38.3 Å². The summed E-state index contributed by atoms with van der Waals surface area (Å²) in [6, 6.07) is 13.9. The van der Waals surface area contributed by atoms with Crippen molar-refractivity contribution in [1.29, 1.82) is 0 Å². The highest BCUT2D eigenvalue weighted by Gasteiger charge is 2.32. The van der Waals surface area contributed by atoms with Crippen molar-refractivity contribution in [1.82, 2.24) is 20.6 Å². The van der Waals surface area contributed by atoms with Crippen molar-refractivity contribution in [2.75, 3.05) is 20.3 Å². The van der Waals surface area contributed by atoms with Crippen LogP contribution in [0.4, 0.5) is 4.79 Å². The van der Waals surface area contributed by atoms with Gasteiger partial charge < -0.3 is 29.4 Å². The summed E-state index contributed by atoms with van der Waals surface area (Å²) < 4.78 is 19.6. The lowest BCUT2D eigenvalue weighted by molar-refractivity contribution is -0.139. The molecule has 1 aliphatic rings. The van der Waals surface area contributed by atoms with Gasteiger partial charge in [0, 0.05) is 31.9 Å². The third kappa shape index (κ3) is 6.93. The molecule has 12 heteroatoms. The zero-order valence-corrected chi connectivity index (χ0v) is 26.1. The molecule has 0 unspecified atom stereocenters. The van der Waals surface area contributed by atoms with Crippen molar-refractivity contribution < 1.29 is 28.6 Å². The molecule has 0 saturated heterocycles. The first-order valence-corrected chi connectivity index (χ1v) is 14.2. The Morgan fingerprint density at radius 2 is 1.90 bits per heavy atom. The second-order valence-corrected chi connectivity index (χ2v) is 10.7. The first kappa shape index (κ1) is 30.6. The van der Waals surface area contributed by atoms with Crippen molar-refractivity contribution in [3.63, 3.8) is 0 Å². The van der Waals surface area contributed by atoms with Gasteiger partial charge in [-0.1, -0.05) is 12.1 Å². The number of aromatic nitrogens is 1. The molecule has 0 bridgehead atoms. The van der Waals surface area contributed by atoms with Crippen molar-refractivity contribution >= 4 is 46.7 Å². The molecule has 42 heavy (non-hydrogen) atoms. The molecule has 0 aliphatic carbocycles. The Morgan fingerprint density at radius 1 is 1.12 bits per heavy atom. The molecule has 1 atom stereocenters. The van der Waals surface area contributed by atoms with Crippen LogP contribution in [0, 0.1) is 17.4 Å². The van der Waals surface area contributed by atoms with Gasteiger partial charge in [0.05, 0.1) is 31.5 Å². The molecule has 2 aromatic carbocycles. The second kappa shape index (κ2) is 13.6. The van der Waals surface area contributed by atoms with Gasteiger partial charge in [0.2, 0.25) is 0 Å². The molecule has 3 aromatic rings. The molecule has 220 valence electrons. The molecule has 0 saturated carbocycles. The molecule has 1 aromatic heterocycles. The smallest absolute Gasteiger partial charge is 0.338 e. The molecule has 2 heterocycles. The molecule has 0 spiro atoms. The Hall–Kier alpha value is -4.33. The number of esters is 1. The molecule has 4 rings (SSSR count). The maximum atomic E-state index is 12.6. The first-order valence-electron chi connectivity index (χ1n) is 13.2. The van der Waals surface area contributed by atoms with Crippen LogP contribution < -0.4 is 25.5 Å². The summed E-state index contributed by atoms with van der Waals surface area (Å²) in [4.78, 5) is 37.2. The lowest BCUT2D eigenvalue weighted by Crippen LogP contribution is -2.45. The number of amides is 3. The van der Waals surface area contributed by atoms with Gasteiger partial charge in [-0.2, -0.15) is 5.10 Å². The van der Waals surface area contributed by atoms with Crippen LogP contribution in [0.3, 0.4) is 0 Å². The summed E-state index contributed by atoms with van der Waals surface area (Å²) in [5, 5.41) is 9.45. The van der Waals surface area contributed by atoms with Gasteiger partial charge >= 0.3 is 12.0 Å². The number of benzene rings is 2. The topological polar surface area (TPSA) is 132 Å². The summed E-state index contributed by atoms with van der Waals surface area (Å²) in [6.45, 7) is 7.23. The summed E-state index contributed by atoms with van der Waals surface area (Å²) in [7, 11) is 1.46. The summed E-state index contributed by atoms with van der Waals surface area (Å²) in [6.07, 6.45) is 1.60. The molecular formula is C30H32IN5O6. The van der Waals surface area contributed by atoms with Crippen LogP contribution in [0.5, 0.6) is 11.5 Å². The SMILES string of the molecule is CCOC(=O)C1=C(C)NC(=O)N[C@@H]1c1ccc(OCC(=O)N/N=C\c2cc(C)n(-c3cccc(I)c3)c2C)c(OC)c1. The maximum absolute atomic E-state index is 12.6. The van der Waals surface area contributed by atoms with Gasteiger partial charge in [-0.25, -0.2) is 15.0 Å². The Balaban J connectivity index is 1.42. The van der Waals surface area contributed by atoms with Gasteiger partial charge in [0.1, 0.15) is 0 Å². The third-order valence-electron chi connectivity index (χ3n) is 6.57. The van der Waals surface area contributed by atoms with Gasteiger partial charge in [0.25, 0.3) is 5.91 Å². The summed E-state index contributed by atoms with van der Waals surface area (Å²) >= 11 is 2.28. The molecular weight excluding hydrogens is 653 g/mol. The van der Waals surface area contributed by atoms with Crippen molar-refractivity contribution in [2.45, 2.75) is 33.7 Å². The van der Waals surface area contributed by atoms with Crippen LogP contribution in [-0.2, 0) is 14.3 Å². The van der Waals surface area contributed by atoms with Gasteiger partial charge in [-0.05, 0) is 92.2 Å². The maximum Gasteiger partial charge on any atom is 0.338 e. The van der Waals surface area contributed by atoms with Crippen LogP contribution in [0.25, 0.3) is 5.69 Å². The van der Waals surface area contributed by atoms with E-state index in [0.717, 1.165) is 26.2 Å². The predicted molar refractivity (Wildman–Crippen MR) is 166 cm³/mol. The van der Waals surface area contributed by atoms with E-state index in [4.69, 9.17) is 14.2 Å². The Labute approximate surface area is 257 Å². The van der Waals surface area contributed by atoms with Crippen LogP contribution in [0.2, 0.25) is 0 Å². The molecule has 1 aliphatic heterocycles. The van der Waals surface area contributed by atoms with Gasteiger partial charge in [-0.3, -0.25) is 4.79 Å². The number of hydrogen-bond donors (Lipinski definition) is 3. The van der Waals surface area contributed by atoms with Crippen molar-refractivity contribution in [3.05, 3.63) is 85.9 Å². The van der Waals surface area contributed by atoms with E-state index in [0.29, 0.717) is 22.8 Å². The Kier molecular flexibility index (Phi) is 9.88. The number of halogens is 1. The van der Waals surface area contributed by atoms with Gasteiger partial charge in [0.15, 0.2) is 18.1 Å². The molecule has 0 radical (unpaired) electrons. The van der Waals surface area contributed by atoms with E-state index in [2.05, 4.69) is 54.4 Å². The van der Waals surface area contributed by atoms with E-state index >= 15 is 0 Å². The minimum Gasteiger partial charge on any atom is -0.493 e. The molecule has 11 nitrogen and oxygen atoms in total. The predicted octanol–water partition coefficient (Wildman–Crippen LogP) is 4.43. The molecule has 3 amide bonds. The highest BCUT2D eigenvalue weighted by atomic mass is 127. The zero-order chi connectivity index (χ0) is 30.4. The largest absolute Gasteiger partial charge is 0.493 e. The standard InChI is InChI=1S/C30H32IN5O6/c1-6-41-29(38)27-18(3)33-30(39)34-28(27)20-10-11-24(25(13-20)40-5)42-16-26(37)35-32-15-21-12-17(2)36(19(21)4)23-9-7-8-22(31)14-23/h7-15,28H,6,16H2,1-5H3,(H,35,37)(H2,33,34,39)/b32-15-/t28-/m1/s1.